The summed E-state index contributed by atoms with van der Waals surface area (Å²) in [7, 11) is -3.24. The third kappa shape index (κ3) is 7.85. The molecule has 13 nitrogen and oxygen atoms in total. The number of nitro groups is 2. The first-order chi connectivity index (χ1) is 20.6. The Kier molecular flexibility index (Phi) is 10.3. The smallest absolute Gasteiger partial charge is 0.333 e. The molecule has 0 aliphatic carbocycles. The first kappa shape index (κ1) is 33.4. The van der Waals surface area contributed by atoms with Crippen LogP contribution in [0.1, 0.15) is 48.5 Å². The van der Waals surface area contributed by atoms with Crippen LogP contribution in [0.3, 0.4) is 0 Å². The van der Waals surface area contributed by atoms with Gasteiger partial charge in [-0.1, -0.05) is 31.9 Å². The van der Waals surface area contributed by atoms with Gasteiger partial charge < -0.3 is 10.2 Å². The molecule has 234 valence electrons. The van der Waals surface area contributed by atoms with Crippen LogP contribution in [-0.4, -0.2) is 37.1 Å². The molecule has 0 aromatic heterocycles. The van der Waals surface area contributed by atoms with Crippen molar-refractivity contribution < 1.29 is 41.0 Å². The van der Waals surface area contributed by atoms with Crippen molar-refractivity contribution in [1.82, 2.24) is 4.72 Å². The zero-order valence-electron chi connectivity index (χ0n) is 23.3. The molecule has 44 heavy (non-hydrogen) atoms. The number of alkyl halides is 3. The van der Waals surface area contributed by atoms with Crippen LogP contribution in [0.2, 0.25) is 0 Å². The van der Waals surface area contributed by atoms with Crippen LogP contribution in [0.4, 0.5) is 41.6 Å². The van der Waals surface area contributed by atoms with Crippen molar-refractivity contribution >= 4 is 50.3 Å². The second-order valence-corrected chi connectivity index (χ2v) is 11.1. The summed E-state index contributed by atoms with van der Waals surface area (Å²) in [6.45, 7) is 1.92. The first-order valence-electron chi connectivity index (χ1n) is 12.9. The lowest BCUT2D eigenvalue weighted by molar-refractivity contribution is -0.384. The van der Waals surface area contributed by atoms with Gasteiger partial charge in [0.25, 0.3) is 27.3 Å². The largest absolute Gasteiger partial charge is 0.416 e. The van der Waals surface area contributed by atoms with Gasteiger partial charge in [-0.3, -0.25) is 29.8 Å². The van der Waals surface area contributed by atoms with E-state index < -0.39 is 59.7 Å². The summed E-state index contributed by atoms with van der Waals surface area (Å²) in [5.41, 5.74) is -4.20. The van der Waals surface area contributed by atoms with Crippen molar-refractivity contribution in [3.8, 4) is 0 Å². The van der Waals surface area contributed by atoms with E-state index in [0.29, 0.717) is 18.6 Å². The molecule has 2 N–H and O–H groups in total. The summed E-state index contributed by atoms with van der Waals surface area (Å²) in [5, 5.41) is 25.8. The van der Waals surface area contributed by atoms with Crippen molar-refractivity contribution in [2.75, 3.05) is 17.3 Å². The number of unbranched alkanes of at least 4 members (excludes halogenated alkanes) is 2. The van der Waals surface area contributed by atoms with Gasteiger partial charge in [0, 0.05) is 31.2 Å². The molecule has 0 radical (unpaired) electrons. The molecule has 0 aliphatic rings. The Morgan fingerprint density at radius 3 is 2.09 bits per heavy atom. The maximum Gasteiger partial charge on any atom is 0.416 e. The monoisotopic (exact) mass is 637 g/mol. The highest BCUT2D eigenvalue weighted by molar-refractivity contribution is 7.90. The second kappa shape index (κ2) is 13.5. The Labute approximate surface area is 249 Å². The minimum absolute atomic E-state index is 0.0261. The molecule has 0 heterocycles. The topological polar surface area (TPSA) is 182 Å². The SMILES string of the molecule is CCCCCC(=O)NS(=O)(=O)c1ccccc1NC(=O)c1ccc(N(C)c2ccc(C(F)(F)F)cc2[N+](=O)[O-])c([N+](=O)[O-])c1. The first-order valence-corrected chi connectivity index (χ1v) is 14.4. The Morgan fingerprint density at radius 1 is 0.909 bits per heavy atom. The number of hydrogen-bond acceptors (Lipinski definition) is 9. The number of anilines is 3. The highest BCUT2D eigenvalue weighted by atomic mass is 32.2. The van der Waals surface area contributed by atoms with Crippen LogP contribution in [0.25, 0.3) is 0 Å². The number of benzene rings is 3. The number of sulfonamides is 1. The maximum atomic E-state index is 13.1. The standard InChI is InChI=1S/C27H26F3N5O8S/c1-3-4-5-10-25(36)32-44(42,43)24-9-7-6-8-19(24)31-26(37)17-11-13-20(22(15-17)34(38)39)33(2)21-14-12-18(27(28,29)30)16-23(21)35(40)41/h6-9,11-16H,3-5,10H2,1-2H3,(H,31,37)(H,32,36). The molecular weight excluding hydrogens is 611 g/mol. The molecule has 0 fully saturated rings. The van der Waals surface area contributed by atoms with E-state index in [1.165, 1.54) is 18.2 Å². The van der Waals surface area contributed by atoms with Gasteiger partial charge in [-0.25, -0.2) is 13.1 Å². The summed E-state index contributed by atoms with van der Waals surface area (Å²) >= 11 is 0. The number of halogens is 3. The van der Waals surface area contributed by atoms with Crippen LogP contribution in [0.15, 0.2) is 65.6 Å². The fourth-order valence-corrected chi connectivity index (χ4v) is 5.32. The van der Waals surface area contributed by atoms with Crippen molar-refractivity contribution in [2.24, 2.45) is 0 Å². The molecule has 0 spiro atoms. The van der Waals surface area contributed by atoms with Crippen molar-refractivity contribution in [3.63, 3.8) is 0 Å². The highest BCUT2D eigenvalue weighted by Gasteiger charge is 2.34. The van der Waals surface area contributed by atoms with Crippen molar-refractivity contribution in [3.05, 3.63) is 92.0 Å². The molecule has 0 unspecified atom stereocenters. The number of amides is 2. The highest BCUT2D eigenvalue weighted by Crippen LogP contribution is 2.41. The predicted octanol–water partition coefficient (Wildman–Crippen LogP) is 5.93. The molecule has 0 aliphatic heterocycles. The van der Waals surface area contributed by atoms with Crippen LogP contribution in [-0.2, 0) is 21.0 Å². The summed E-state index contributed by atoms with van der Waals surface area (Å²) in [5.74, 6) is -1.71. The van der Waals surface area contributed by atoms with Crippen molar-refractivity contribution in [1.29, 1.82) is 0 Å². The molecular formula is C27H26F3N5O8S. The summed E-state index contributed by atoms with van der Waals surface area (Å²) in [4.78, 5) is 47.2. The zero-order chi connectivity index (χ0) is 32.8. The quantitative estimate of drug-likeness (QED) is 0.138. The van der Waals surface area contributed by atoms with Gasteiger partial charge in [0.2, 0.25) is 5.91 Å². The molecule has 3 aromatic rings. The molecule has 0 saturated carbocycles. The van der Waals surface area contributed by atoms with Crippen LogP contribution >= 0.6 is 0 Å². The van der Waals surface area contributed by atoms with Gasteiger partial charge >= 0.3 is 6.18 Å². The zero-order valence-corrected chi connectivity index (χ0v) is 24.1. The van der Waals surface area contributed by atoms with E-state index in [2.05, 4.69) is 5.32 Å². The van der Waals surface area contributed by atoms with E-state index in [9.17, 15) is 51.4 Å². The van der Waals surface area contributed by atoms with Crippen LogP contribution in [0.5, 0.6) is 0 Å². The Morgan fingerprint density at radius 2 is 1.50 bits per heavy atom. The Balaban J connectivity index is 1.94. The van der Waals surface area contributed by atoms with Crippen LogP contribution < -0.4 is 14.9 Å². The van der Waals surface area contributed by atoms with Gasteiger partial charge in [0.05, 0.1) is 21.1 Å². The van der Waals surface area contributed by atoms with E-state index in [1.54, 1.807) is 0 Å². The maximum absolute atomic E-state index is 13.1. The Hall–Kier alpha value is -5.06. The molecule has 3 rings (SSSR count). The van der Waals surface area contributed by atoms with Crippen molar-refractivity contribution in [2.45, 2.75) is 43.7 Å². The molecule has 17 heteroatoms. The van der Waals surface area contributed by atoms with E-state index in [1.807, 2.05) is 11.6 Å². The average molecular weight is 638 g/mol. The molecule has 2 amide bonds. The van der Waals surface area contributed by atoms with E-state index in [4.69, 9.17) is 0 Å². The second-order valence-electron chi connectivity index (χ2n) is 9.41. The summed E-state index contributed by atoms with van der Waals surface area (Å²) in [6.07, 6.45) is -2.88. The lowest BCUT2D eigenvalue weighted by atomic mass is 10.1. The summed E-state index contributed by atoms with van der Waals surface area (Å²) in [6, 6.07) is 9.85. The molecule has 3 aromatic carbocycles. The third-order valence-electron chi connectivity index (χ3n) is 6.34. The molecule has 0 atom stereocenters. The lowest BCUT2D eigenvalue weighted by Gasteiger charge is -2.20. The number of carbonyl (C=O) groups excluding carboxylic acids is 2. The average Bonchev–Trinajstić information content (AvgIpc) is 2.95. The molecule has 0 saturated heterocycles. The number of hydrogen-bond donors (Lipinski definition) is 2. The Bertz CT molecular complexity index is 1710. The lowest BCUT2D eigenvalue weighted by Crippen LogP contribution is -2.31. The normalized spacial score (nSPS) is 11.5. The van der Waals surface area contributed by atoms with E-state index in [-0.39, 0.29) is 29.0 Å². The number of nitro benzene ring substituents is 2. The number of rotatable bonds is 12. The summed E-state index contributed by atoms with van der Waals surface area (Å²) < 4.78 is 67.1. The predicted molar refractivity (Wildman–Crippen MR) is 153 cm³/mol. The van der Waals surface area contributed by atoms with Gasteiger partial charge in [0.1, 0.15) is 16.3 Å². The van der Waals surface area contributed by atoms with Crippen LogP contribution in [0, 0.1) is 20.2 Å². The van der Waals surface area contributed by atoms with Gasteiger partial charge in [-0.2, -0.15) is 13.2 Å². The minimum Gasteiger partial charge on any atom is -0.333 e. The van der Waals surface area contributed by atoms with Gasteiger partial charge in [-0.15, -0.1) is 0 Å². The van der Waals surface area contributed by atoms with Gasteiger partial charge in [0.15, 0.2) is 0 Å². The fraction of sp³-hybridized carbons (Fsp3) is 0.259. The number of para-hydroxylation sites is 1. The van der Waals surface area contributed by atoms with E-state index in [0.717, 1.165) is 55.1 Å². The number of nitrogens with one attached hydrogen (secondary N) is 2. The number of carbonyl (C=O) groups is 2. The van der Waals surface area contributed by atoms with Gasteiger partial charge in [-0.05, 0) is 42.8 Å². The molecule has 0 bridgehead atoms. The van der Waals surface area contributed by atoms with E-state index >= 15 is 0 Å². The minimum atomic E-state index is -4.87. The number of nitrogens with zero attached hydrogens (tertiary/aromatic N) is 3. The fourth-order valence-electron chi connectivity index (χ4n) is 4.14. The third-order valence-corrected chi connectivity index (χ3v) is 7.77.